The van der Waals surface area contributed by atoms with Gasteiger partial charge >= 0.3 is 0 Å². The fourth-order valence-corrected chi connectivity index (χ4v) is 1.95. The van der Waals surface area contributed by atoms with Crippen molar-refractivity contribution in [2.24, 2.45) is 0 Å². The van der Waals surface area contributed by atoms with Crippen molar-refractivity contribution in [2.45, 2.75) is 18.9 Å². The molecular weight excluding hydrogens is 282 g/mol. The van der Waals surface area contributed by atoms with Crippen molar-refractivity contribution in [1.82, 2.24) is 5.32 Å². The zero-order valence-corrected chi connectivity index (χ0v) is 12.0. The van der Waals surface area contributed by atoms with Crippen molar-refractivity contribution in [1.29, 1.82) is 0 Å². The van der Waals surface area contributed by atoms with Gasteiger partial charge in [-0.25, -0.2) is 0 Å². The molecule has 0 saturated heterocycles. The van der Waals surface area contributed by atoms with E-state index < -0.39 is 0 Å². The Morgan fingerprint density at radius 2 is 2.00 bits per heavy atom. The average molecular weight is 302 g/mol. The molecule has 0 fully saturated rings. The summed E-state index contributed by atoms with van der Waals surface area (Å²) in [6.45, 7) is 3.51. The van der Waals surface area contributed by atoms with Crippen LogP contribution in [0.25, 0.3) is 0 Å². The van der Waals surface area contributed by atoms with Gasteiger partial charge in [-0.05, 0) is 31.0 Å². The van der Waals surface area contributed by atoms with Gasteiger partial charge in [-0.1, -0.05) is 28.1 Å². The molecule has 0 amide bonds. The van der Waals surface area contributed by atoms with Crippen LogP contribution < -0.4 is 5.32 Å². The molecule has 1 aromatic rings. The summed E-state index contributed by atoms with van der Waals surface area (Å²) >= 11 is 3.41. The lowest BCUT2D eigenvalue weighted by Crippen LogP contribution is -2.48. The van der Waals surface area contributed by atoms with E-state index in [-0.39, 0.29) is 12.1 Å². The molecule has 2 N–H and O–H groups in total. The molecule has 1 atom stereocenters. The number of nitrogens with one attached hydrogen (secondary N) is 1. The first-order valence-electron chi connectivity index (χ1n) is 5.69. The van der Waals surface area contributed by atoms with Crippen LogP contribution in [0, 0.1) is 0 Å². The second-order valence-electron chi connectivity index (χ2n) is 4.44. The minimum Gasteiger partial charge on any atom is -0.394 e. The van der Waals surface area contributed by atoms with E-state index in [1.54, 1.807) is 7.11 Å². The number of benzene rings is 1. The molecule has 4 heteroatoms. The van der Waals surface area contributed by atoms with E-state index in [0.29, 0.717) is 6.61 Å². The van der Waals surface area contributed by atoms with Crippen LogP contribution >= 0.6 is 15.9 Å². The second kappa shape index (κ2) is 7.11. The molecule has 0 aliphatic rings. The van der Waals surface area contributed by atoms with Crippen LogP contribution in [0.15, 0.2) is 28.7 Å². The van der Waals surface area contributed by atoms with Crippen molar-refractivity contribution in [2.75, 3.05) is 26.9 Å². The number of aliphatic hydroxyl groups excluding tert-OH is 1. The van der Waals surface area contributed by atoms with E-state index in [2.05, 4.69) is 33.4 Å². The van der Waals surface area contributed by atoms with Crippen LogP contribution in [0.1, 0.15) is 12.5 Å². The van der Waals surface area contributed by atoms with Crippen LogP contribution in [0.2, 0.25) is 0 Å². The summed E-state index contributed by atoms with van der Waals surface area (Å²) in [4.78, 5) is 0. The Morgan fingerprint density at radius 1 is 1.35 bits per heavy atom. The van der Waals surface area contributed by atoms with E-state index in [1.165, 1.54) is 5.56 Å². The molecule has 1 unspecified atom stereocenters. The molecule has 0 aliphatic heterocycles. The third-order valence-electron chi connectivity index (χ3n) is 2.71. The monoisotopic (exact) mass is 301 g/mol. The molecule has 1 rings (SSSR count). The third kappa shape index (κ3) is 5.17. The zero-order chi connectivity index (χ0) is 12.7. The molecule has 1 aromatic carbocycles. The molecule has 3 nitrogen and oxygen atoms in total. The van der Waals surface area contributed by atoms with Crippen LogP contribution in [-0.2, 0) is 11.2 Å². The Kier molecular flexibility index (Phi) is 6.12. The Hall–Kier alpha value is -0.420. The van der Waals surface area contributed by atoms with E-state index >= 15 is 0 Å². The van der Waals surface area contributed by atoms with Gasteiger partial charge in [-0.15, -0.1) is 0 Å². The zero-order valence-electron chi connectivity index (χ0n) is 10.4. The highest BCUT2D eigenvalue weighted by atomic mass is 79.9. The van der Waals surface area contributed by atoms with Crippen LogP contribution in [-0.4, -0.2) is 37.5 Å². The minimum absolute atomic E-state index is 0.104. The third-order valence-corrected chi connectivity index (χ3v) is 3.24. The SMILES string of the molecule is COCCNC(C)(CO)Cc1ccc(Br)cc1. The molecule has 0 bridgehead atoms. The fraction of sp³-hybridized carbons (Fsp3) is 0.538. The Labute approximate surface area is 111 Å². The van der Waals surface area contributed by atoms with Crippen molar-refractivity contribution < 1.29 is 9.84 Å². The van der Waals surface area contributed by atoms with Crippen molar-refractivity contribution in [3.8, 4) is 0 Å². The smallest absolute Gasteiger partial charge is 0.0613 e. The molecule has 0 radical (unpaired) electrons. The van der Waals surface area contributed by atoms with Crippen molar-refractivity contribution >= 4 is 15.9 Å². The second-order valence-corrected chi connectivity index (χ2v) is 5.36. The van der Waals surface area contributed by atoms with Gasteiger partial charge in [0.05, 0.1) is 13.2 Å². The Morgan fingerprint density at radius 3 is 2.53 bits per heavy atom. The molecule has 0 aliphatic carbocycles. The largest absolute Gasteiger partial charge is 0.394 e. The number of rotatable bonds is 7. The van der Waals surface area contributed by atoms with E-state index in [4.69, 9.17) is 4.74 Å². The highest BCUT2D eigenvalue weighted by Crippen LogP contribution is 2.16. The van der Waals surface area contributed by atoms with E-state index in [0.717, 1.165) is 17.4 Å². The first-order valence-corrected chi connectivity index (χ1v) is 6.48. The number of aliphatic hydroxyl groups is 1. The van der Waals surface area contributed by atoms with Crippen molar-refractivity contribution in [3.63, 3.8) is 0 Å². The molecule has 0 aromatic heterocycles. The predicted molar refractivity (Wildman–Crippen MR) is 73.2 cm³/mol. The molecule has 0 spiro atoms. The Balaban J connectivity index is 2.58. The van der Waals surface area contributed by atoms with E-state index in [1.807, 2.05) is 19.1 Å². The summed E-state index contributed by atoms with van der Waals surface area (Å²) < 4.78 is 6.07. The maximum atomic E-state index is 9.49. The molecular formula is C13H20BrNO2. The number of hydrogen-bond donors (Lipinski definition) is 2. The van der Waals surface area contributed by atoms with Crippen LogP contribution in [0.4, 0.5) is 0 Å². The lowest BCUT2D eigenvalue weighted by molar-refractivity contribution is 0.147. The van der Waals surface area contributed by atoms with Gasteiger partial charge in [-0.2, -0.15) is 0 Å². The summed E-state index contributed by atoms with van der Waals surface area (Å²) in [7, 11) is 1.67. The maximum absolute atomic E-state index is 9.49. The van der Waals surface area contributed by atoms with Gasteiger partial charge in [0.25, 0.3) is 0 Å². The van der Waals surface area contributed by atoms with Crippen LogP contribution in [0.3, 0.4) is 0 Å². The molecule has 0 saturated carbocycles. The quantitative estimate of drug-likeness (QED) is 0.757. The van der Waals surface area contributed by atoms with Gasteiger partial charge in [0.2, 0.25) is 0 Å². The van der Waals surface area contributed by atoms with Crippen LogP contribution in [0.5, 0.6) is 0 Å². The van der Waals surface area contributed by atoms with Gasteiger partial charge in [0.15, 0.2) is 0 Å². The van der Waals surface area contributed by atoms with Gasteiger partial charge in [0, 0.05) is 23.7 Å². The van der Waals surface area contributed by atoms with Gasteiger partial charge in [0.1, 0.15) is 0 Å². The standard InChI is InChI=1S/C13H20BrNO2/c1-13(10-16,15-7-8-17-2)9-11-3-5-12(14)6-4-11/h3-6,15-16H,7-10H2,1-2H3. The van der Waals surface area contributed by atoms with Gasteiger partial charge < -0.3 is 15.2 Å². The lowest BCUT2D eigenvalue weighted by atomic mass is 9.93. The highest BCUT2D eigenvalue weighted by molar-refractivity contribution is 9.10. The molecule has 17 heavy (non-hydrogen) atoms. The number of methoxy groups -OCH3 is 1. The number of hydrogen-bond acceptors (Lipinski definition) is 3. The normalized spacial score (nSPS) is 14.6. The van der Waals surface area contributed by atoms with Gasteiger partial charge in [-0.3, -0.25) is 0 Å². The maximum Gasteiger partial charge on any atom is 0.0613 e. The fourth-order valence-electron chi connectivity index (χ4n) is 1.68. The first-order chi connectivity index (χ1) is 8.09. The summed E-state index contributed by atoms with van der Waals surface area (Å²) in [6.07, 6.45) is 0.792. The summed E-state index contributed by atoms with van der Waals surface area (Å²) in [5.41, 5.74) is 0.904. The Bertz CT molecular complexity index is 329. The minimum atomic E-state index is -0.299. The number of halogens is 1. The summed E-state index contributed by atoms with van der Waals surface area (Å²) in [5.74, 6) is 0. The first kappa shape index (κ1) is 14.6. The van der Waals surface area contributed by atoms with E-state index in [9.17, 15) is 5.11 Å². The molecule has 0 heterocycles. The summed E-state index contributed by atoms with van der Waals surface area (Å²) in [6, 6.07) is 8.16. The number of ether oxygens (including phenoxy) is 1. The van der Waals surface area contributed by atoms with Crippen molar-refractivity contribution in [3.05, 3.63) is 34.3 Å². The molecule has 96 valence electrons. The highest BCUT2D eigenvalue weighted by Gasteiger charge is 2.22. The average Bonchev–Trinajstić information content (AvgIpc) is 2.33. The topological polar surface area (TPSA) is 41.5 Å². The predicted octanol–water partition coefficient (Wildman–Crippen LogP) is 1.98. The lowest BCUT2D eigenvalue weighted by Gasteiger charge is -2.29. The summed E-state index contributed by atoms with van der Waals surface area (Å²) in [5, 5.41) is 12.8.